The molecule has 0 bridgehead atoms. The first kappa shape index (κ1) is 16.8. The summed E-state index contributed by atoms with van der Waals surface area (Å²) < 4.78 is 1.86. The minimum Gasteiger partial charge on any atom is -0.183 e. The summed E-state index contributed by atoms with van der Waals surface area (Å²) in [5, 5.41) is 14.7. The average Bonchev–Trinajstić information content (AvgIpc) is 3.31. The number of rotatable bonds is 4. The second-order valence-electron chi connectivity index (χ2n) is 6.78. The van der Waals surface area contributed by atoms with E-state index < -0.39 is 0 Å². The van der Waals surface area contributed by atoms with Gasteiger partial charge in [0.2, 0.25) is 4.96 Å². The lowest BCUT2D eigenvalue weighted by Crippen LogP contribution is -2.04. The molecule has 2 heterocycles. The Kier molecular flexibility index (Phi) is 4.22. The van der Waals surface area contributed by atoms with Crippen LogP contribution in [0.15, 0.2) is 84.9 Å². The van der Waals surface area contributed by atoms with Crippen LogP contribution in [0, 0.1) is 6.92 Å². The van der Waals surface area contributed by atoms with Crippen molar-refractivity contribution >= 4 is 16.3 Å². The lowest BCUT2D eigenvalue weighted by atomic mass is 9.92. The van der Waals surface area contributed by atoms with Crippen molar-refractivity contribution in [2.75, 3.05) is 0 Å². The minimum atomic E-state index is 0.0694. The molecule has 0 fully saturated rings. The smallest absolute Gasteiger partial charge is 0.183 e. The van der Waals surface area contributed by atoms with Crippen LogP contribution in [0.1, 0.15) is 27.6 Å². The summed E-state index contributed by atoms with van der Waals surface area (Å²) >= 11 is 1.59. The van der Waals surface area contributed by atoms with Gasteiger partial charge < -0.3 is 0 Å². The first-order valence-corrected chi connectivity index (χ1v) is 10.0. The Hall–Kier alpha value is -3.31. The molecule has 5 aromatic rings. The Morgan fingerprint density at radius 2 is 1.36 bits per heavy atom. The third kappa shape index (κ3) is 3.00. The second-order valence-corrected chi connectivity index (χ2v) is 7.77. The van der Waals surface area contributed by atoms with Gasteiger partial charge in [-0.15, -0.1) is 10.2 Å². The topological polar surface area (TPSA) is 43.1 Å². The molecule has 5 heteroatoms. The first-order valence-electron chi connectivity index (χ1n) is 9.19. The minimum absolute atomic E-state index is 0.0694. The molecule has 0 amide bonds. The molecule has 5 rings (SSSR count). The van der Waals surface area contributed by atoms with E-state index in [-0.39, 0.29) is 5.92 Å². The van der Waals surface area contributed by atoms with Crippen LogP contribution < -0.4 is 0 Å². The van der Waals surface area contributed by atoms with Crippen LogP contribution in [-0.4, -0.2) is 19.8 Å². The van der Waals surface area contributed by atoms with Crippen molar-refractivity contribution in [3.05, 3.63) is 107 Å². The maximum Gasteiger partial charge on any atom is 0.234 e. The van der Waals surface area contributed by atoms with Crippen molar-refractivity contribution < 1.29 is 0 Å². The van der Waals surface area contributed by atoms with E-state index in [0.717, 1.165) is 21.4 Å². The van der Waals surface area contributed by atoms with Gasteiger partial charge >= 0.3 is 0 Å². The zero-order valence-electron chi connectivity index (χ0n) is 15.4. The van der Waals surface area contributed by atoms with E-state index in [4.69, 9.17) is 5.10 Å². The molecule has 0 unspecified atom stereocenters. The van der Waals surface area contributed by atoms with Crippen LogP contribution >= 0.6 is 11.3 Å². The van der Waals surface area contributed by atoms with E-state index >= 15 is 0 Å². The van der Waals surface area contributed by atoms with Gasteiger partial charge in [-0.25, -0.2) is 0 Å². The van der Waals surface area contributed by atoms with E-state index in [1.807, 2.05) is 16.6 Å². The SMILES string of the molecule is Cc1ccc(-c2nnc3sc(C(c4ccccc4)c4ccccc4)nn23)cc1. The predicted octanol–water partition coefficient (Wildman–Crippen LogP) is 5.34. The molecule has 0 N–H and O–H groups in total. The van der Waals surface area contributed by atoms with Crippen molar-refractivity contribution in [2.45, 2.75) is 12.8 Å². The normalized spacial score (nSPS) is 11.4. The van der Waals surface area contributed by atoms with Gasteiger partial charge in [-0.05, 0) is 18.1 Å². The number of fused-ring (bicyclic) bond motifs is 1. The molecule has 136 valence electrons. The molecule has 0 aliphatic rings. The second kappa shape index (κ2) is 7.02. The molecule has 0 spiro atoms. The summed E-state index contributed by atoms with van der Waals surface area (Å²) in [7, 11) is 0. The third-order valence-electron chi connectivity index (χ3n) is 4.83. The Labute approximate surface area is 167 Å². The Balaban J connectivity index is 1.65. The number of benzene rings is 3. The van der Waals surface area contributed by atoms with Gasteiger partial charge in [0.15, 0.2) is 5.82 Å². The van der Waals surface area contributed by atoms with Crippen molar-refractivity contribution in [1.82, 2.24) is 19.8 Å². The third-order valence-corrected chi connectivity index (χ3v) is 5.79. The largest absolute Gasteiger partial charge is 0.234 e. The number of nitrogens with zero attached hydrogens (tertiary/aromatic N) is 4. The number of hydrogen-bond donors (Lipinski definition) is 0. The fourth-order valence-electron chi connectivity index (χ4n) is 3.40. The van der Waals surface area contributed by atoms with Crippen molar-refractivity contribution in [2.24, 2.45) is 0 Å². The van der Waals surface area contributed by atoms with Crippen molar-refractivity contribution in [3.8, 4) is 11.4 Å². The standard InChI is InChI=1S/C23H18N4S/c1-16-12-14-19(15-13-16)21-24-25-23-27(21)26-22(28-23)20(17-8-4-2-5-9-17)18-10-6-3-7-11-18/h2-15,20H,1H3. The Morgan fingerprint density at radius 3 is 1.96 bits per heavy atom. The van der Waals surface area contributed by atoms with E-state index in [1.165, 1.54) is 16.7 Å². The monoisotopic (exact) mass is 382 g/mol. The molecule has 0 saturated heterocycles. The molecule has 0 saturated carbocycles. The van der Waals surface area contributed by atoms with E-state index in [2.05, 4.69) is 89.9 Å². The quantitative estimate of drug-likeness (QED) is 0.421. The van der Waals surface area contributed by atoms with E-state index in [1.54, 1.807) is 11.3 Å². The lowest BCUT2D eigenvalue weighted by molar-refractivity contribution is 0.863. The van der Waals surface area contributed by atoms with Crippen LogP contribution in [0.3, 0.4) is 0 Å². The molecule has 4 nitrogen and oxygen atoms in total. The van der Waals surface area contributed by atoms with Crippen molar-refractivity contribution in [3.63, 3.8) is 0 Å². The van der Waals surface area contributed by atoms with E-state index in [0.29, 0.717) is 0 Å². The molecular formula is C23H18N4S. The highest BCUT2D eigenvalue weighted by atomic mass is 32.1. The number of aryl methyl sites for hydroxylation is 1. The van der Waals surface area contributed by atoms with Gasteiger partial charge in [-0.3, -0.25) is 0 Å². The number of hydrogen-bond acceptors (Lipinski definition) is 4. The first-order chi connectivity index (χ1) is 13.8. The zero-order chi connectivity index (χ0) is 18.9. The summed E-state index contributed by atoms with van der Waals surface area (Å²) in [5.74, 6) is 0.845. The Morgan fingerprint density at radius 1 is 0.750 bits per heavy atom. The molecule has 2 aromatic heterocycles. The molecule has 28 heavy (non-hydrogen) atoms. The van der Waals surface area contributed by atoms with Crippen LogP contribution in [0.4, 0.5) is 0 Å². The highest BCUT2D eigenvalue weighted by Gasteiger charge is 2.23. The van der Waals surface area contributed by atoms with Gasteiger partial charge in [-0.2, -0.15) is 9.61 Å². The summed E-state index contributed by atoms with van der Waals surface area (Å²) in [6.07, 6.45) is 0. The molecule has 0 atom stereocenters. The molecule has 0 radical (unpaired) electrons. The zero-order valence-corrected chi connectivity index (χ0v) is 16.2. The van der Waals surface area contributed by atoms with E-state index in [9.17, 15) is 0 Å². The molecule has 3 aromatic carbocycles. The maximum atomic E-state index is 4.93. The van der Waals surface area contributed by atoms with Gasteiger partial charge in [0, 0.05) is 5.56 Å². The summed E-state index contributed by atoms with van der Waals surface area (Å²) in [6.45, 7) is 2.08. The fraction of sp³-hybridized carbons (Fsp3) is 0.0870. The highest BCUT2D eigenvalue weighted by Crippen LogP contribution is 2.35. The molecule has 0 aliphatic carbocycles. The van der Waals surface area contributed by atoms with Crippen LogP contribution in [0.25, 0.3) is 16.3 Å². The van der Waals surface area contributed by atoms with Gasteiger partial charge in [0.1, 0.15) is 5.01 Å². The predicted molar refractivity (Wildman–Crippen MR) is 113 cm³/mol. The van der Waals surface area contributed by atoms with Gasteiger partial charge in [-0.1, -0.05) is 102 Å². The summed E-state index contributed by atoms with van der Waals surface area (Å²) in [4.78, 5) is 0.808. The Bertz CT molecular complexity index is 1170. The fourth-order valence-corrected chi connectivity index (χ4v) is 4.39. The van der Waals surface area contributed by atoms with Crippen LogP contribution in [0.5, 0.6) is 0 Å². The number of aromatic nitrogens is 4. The summed E-state index contributed by atoms with van der Waals surface area (Å²) in [6, 6.07) is 29.3. The van der Waals surface area contributed by atoms with Gasteiger partial charge in [0.25, 0.3) is 0 Å². The summed E-state index contributed by atoms with van der Waals surface area (Å²) in [5.41, 5.74) is 4.67. The highest BCUT2D eigenvalue weighted by molar-refractivity contribution is 7.16. The maximum absolute atomic E-state index is 4.93. The molecular weight excluding hydrogens is 364 g/mol. The van der Waals surface area contributed by atoms with Crippen LogP contribution in [0.2, 0.25) is 0 Å². The average molecular weight is 382 g/mol. The van der Waals surface area contributed by atoms with Gasteiger partial charge in [0.05, 0.1) is 5.92 Å². The lowest BCUT2D eigenvalue weighted by Gasteiger charge is -2.15. The van der Waals surface area contributed by atoms with Crippen LogP contribution in [-0.2, 0) is 0 Å². The van der Waals surface area contributed by atoms with Crippen molar-refractivity contribution in [1.29, 1.82) is 0 Å². The molecule has 0 aliphatic heterocycles.